The summed E-state index contributed by atoms with van der Waals surface area (Å²) in [6.45, 7) is 3.70. The van der Waals surface area contributed by atoms with Gasteiger partial charge in [-0.05, 0) is 36.2 Å². The van der Waals surface area contributed by atoms with Crippen LogP contribution in [-0.2, 0) is 6.42 Å². The van der Waals surface area contributed by atoms with E-state index in [1.807, 2.05) is 0 Å². The number of halogens is 1. The number of allylic oxidation sites excluding steroid dienone is 1. The zero-order chi connectivity index (χ0) is 15.9. The van der Waals surface area contributed by atoms with Crippen molar-refractivity contribution in [2.75, 3.05) is 12.5 Å². The summed E-state index contributed by atoms with van der Waals surface area (Å²) >= 11 is 5.65. The second-order valence-electron chi connectivity index (χ2n) is 4.34. The highest BCUT2D eigenvalue weighted by Gasteiger charge is 2.08. The van der Waals surface area contributed by atoms with Crippen LogP contribution in [0.5, 0.6) is 11.5 Å². The van der Waals surface area contributed by atoms with Gasteiger partial charge < -0.3 is 9.84 Å². The molecule has 0 aliphatic rings. The van der Waals surface area contributed by atoms with Crippen LogP contribution in [0.15, 0.2) is 42.0 Å². The number of ether oxygens (including phenoxy) is 1. The Morgan fingerprint density at radius 2 is 2.23 bits per heavy atom. The summed E-state index contributed by atoms with van der Waals surface area (Å²) in [6, 6.07) is 6.80. The molecule has 1 aromatic heterocycles. The highest BCUT2D eigenvalue weighted by molar-refractivity contribution is 6.29. The quantitative estimate of drug-likeness (QED) is 0.486. The number of rotatable bonds is 6. The fraction of sp³-hybridized carbons (Fsp3) is 0.133. The Balaban J connectivity index is 2.20. The number of hydrazone groups is 1. The van der Waals surface area contributed by atoms with Crippen molar-refractivity contribution in [1.29, 1.82) is 0 Å². The Kier molecular flexibility index (Phi) is 5.32. The van der Waals surface area contributed by atoms with Crippen LogP contribution >= 0.6 is 11.6 Å². The van der Waals surface area contributed by atoms with Crippen molar-refractivity contribution in [2.45, 2.75) is 6.42 Å². The molecule has 0 aliphatic carbocycles. The van der Waals surface area contributed by atoms with Gasteiger partial charge in [0, 0.05) is 5.56 Å². The van der Waals surface area contributed by atoms with E-state index in [4.69, 9.17) is 16.3 Å². The summed E-state index contributed by atoms with van der Waals surface area (Å²) in [7, 11) is 1.50. The number of methoxy groups -OCH3 is 1. The van der Waals surface area contributed by atoms with Crippen molar-refractivity contribution in [2.24, 2.45) is 5.10 Å². The average Bonchev–Trinajstić information content (AvgIpc) is 2.52. The second kappa shape index (κ2) is 7.42. The molecule has 114 valence electrons. The van der Waals surface area contributed by atoms with Gasteiger partial charge in [-0.15, -0.1) is 16.8 Å². The monoisotopic (exact) mass is 318 g/mol. The molecular weight excluding hydrogens is 304 g/mol. The molecule has 2 rings (SSSR count). The molecule has 0 radical (unpaired) electrons. The summed E-state index contributed by atoms with van der Waals surface area (Å²) in [5.74, 6) is 0.837. The molecule has 7 heteroatoms. The van der Waals surface area contributed by atoms with E-state index in [1.165, 1.54) is 13.3 Å². The van der Waals surface area contributed by atoms with Crippen molar-refractivity contribution < 1.29 is 9.84 Å². The minimum atomic E-state index is 0.0167. The normalized spacial score (nSPS) is 10.6. The van der Waals surface area contributed by atoms with Crippen LogP contribution in [0.1, 0.15) is 11.1 Å². The Labute approximate surface area is 133 Å². The summed E-state index contributed by atoms with van der Waals surface area (Å²) in [5.41, 5.74) is 4.18. The molecule has 0 saturated carbocycles. The number of nitrogens with one attached hydrogen (secondary N) is 1. The summed E-state index contributed by atoms with van der Waals surface area (Å²) in [4.78, 5) is 0. The van der Waals surface area contributed by atoms with E-state index >= 15 is 0 Å². The molecule has 0 atom stereocenters. The van der Waals surface area contributed by atoms with Crippen molar-refractivity contribution in [3.8, 4) is 11.5 Å². The number of anilines is 1. The van der Waals surface area contributed by atoms with Gasteiger partial charge in [-0.25, -0.2) is 0 Å². The minimum absolute atomic E-state index is 0.0167. The molecule has 0 spiro atoms. The number of phenolic OH excluding ortho intramolecular Hbond substituents is 1. The van der Waals surface area contributed by atoms with E-state index in [0.29, 0.717) is 28.7 Å². The fourth-order valence-electron chi connectivity index (χ4n) is 1.77. The third-order valence-corrected chi connectivity index (χ3v) is 2.98. The van der Waals surface area contributed by atoms with Gasteiger partial charge in [0.1, 0.15) is 0 Å². The summed E-state index contributed by atoms with van der Waals surface area (Å²) < 4.78 is 5.15. The Morgan fingerprint density at radius 1 is 1.41 bits per heavy atom. The molecule has 22 heavy (non-hydrogen) atoms. The van der Waals surface area contributed by atoms with Gasteiger partial charge in [0.15, 0.2) is 22.5 Å². The van der Waals surface area contributed by atoms with Crippen molar-refractivity contribution in [3.05, 3.63) is 53.2 Å². The molecule has 2 aromatic rings. The highest BCUT2D eigenvalue weighted by Crippen LogP contribution is 2.30. The lowest BCUT2D eigenvalue weighted by Gasteiger charge is -2.08. The molecule has 1 aromatic carbocycles. The maximum atomic E-state index is 10.1. The number of nitrogens with zero attached hydrogens (tertiary/aromatic N) is 3. The zero-order valence-electron chi connectivity index (χ0n) is 12.0. The van der Waals surface area contributed by atoms with Crippen molar-refractivity contribution in [3.63, 3.8) is 0 Å². The van der Waals surface area contributed by atoms with Crippen LogP contribution < -0.4 is 10.2 Å². The summed E-state index contributed by atoms with van der Waals surface area (Å²) in [6.07, 6.45) is 3.91. The first-order valence-corrected chi connectivity index (χ1v) is 6.81. The number of hydrogen-bond donors (Lipinski definition) is 2. The Hall–Kier alpha value is -2.60. The van der Waals surface area contributed by atoms with E-state index in [1.54, 1.807) is 30.3 Å². The van der Waals surface area contributed by atoms with Crippen molar-refractivity contribution >= 4 is 23.6 Å². The van der Waals surface area contributed by atoms with E-state index < -0.39 is 0 Å². The van der Waals surface area contributed by atoms with Gasteiger partial charge in [0.05, 0.1) is 13.3 Å². The third kappa shape index (κ3) is 3.95. The van der Waals surface area contributed by atoms with Crippen LogP contribution in [0, 0.1) is 0 Å². The van der Waals surface area contributed by atoms with E-state index in [9.17, 15) is 5.11 Å². The molecule has 2 N–H and O–H groups in total. The fourth-order valence-corrected chi connectivity index (χ4v) is 1.87. The lowest BCUT2D eigenvalue weighted by molar-refractivity contribution is 0.372. The van der Waals surface area contributed by atoms with Crippen LogP contribution in [-0.4, -0.2) is 28.6 Å². The van der Waals surface area contributed by atoms with Crippen LogP contribution in [0.4, 0.5) is 5.82 Å². The smallest absolute Gasteiger partial charge is 0.168 e. The SMILES string of the molecule is C=CCc1cc(/C=N/Nc2ccc(Cl)nn2)c(O)c(OC)c1. The second-order valence-corrected chi connectivity index (χ2v) is 4.73. The Bertz CT molecular complexity index is 687. The first kappa shape index (κ1) is 15.8. The van der Waals surface area contributed by atoms with Crippen molar-refractivity contribution in [1.82, 2.24) is 10.2 Å². The lowest BCUT2D eigenvalue weighted by atomic mass is 10.1. The average molecular weight is 319 g/mol. The topological polar surface area (TPSA) is 79.6 Å². The first-order chi connectivity index (χ1) is 10.6. The standard InChI is InChI=1S/C15H15ClN4O2/c1-3-4-10-7-11(15(21)12(8-10)22-2)9-17-19-14-6-5-13(16)18-20-14/h3,5-9,21H,1,4H2,2H3,(H,19,20)/b17-9+. The van der Waals surface area contributed by atoms with Gasteiger partial charge in [-0.3, -0.25) is 5.43 Å². The molecule has 0 saturated heterocycles. The maximum Gasteiger partial charge on any atom is 0.168 e. The molecule has 6 nitrogen and oxygen atoms in total. The lowest BCUT2D eigenvalue weighted by Crippen LogP contribution is -1.97. The van der Waals surface area contributed by atoms with Gasteiger partial charge in [-0.1, -0.05) is 17.7 Å². The number of aromatic nitrogens is 2. The zero-order valence-corrected chi connectivity index (χ0v) is 12.7. The number of aromatic hydroxyl groups is 1. The predicted molar refractivity (Wildman–Crippen MR) is 86.8 cm³/mol. The Morgan fingerprint density at radius 3 is 2.86 bits per heavy atom. The van der Waals surface area contributed by atoms with E-state index in [0.717, 1.165) is 5.56 Å². The third-order valence-electron chi connectivity index (χ3n) is 2.78. The molecule has 0 bridgehead atoms. The molecule has 0 aliphatic heterocycles. The van der Waals surface area contributed by atoms with Crippen LogP contribution in [0.3, 0.4) is 0 Å². The van der Waals surface area contributed by atoms with Gasteiger partial charge in [0.2, 0.25) is 0 Å². The number of benzene rings is 1. The first-order valence-electron chi connectivity index (χ1n) is 6.43. The number of hydrogen-bond acceptors (Lipinski definition) is 6. The largest absolute Gasteiger partial charge is 0.504 e. The van der Waals surface area contributed by atoms with Gasteiger partial charge >= 0.3 is 0 Å². The molecule has 1 heterocycles. The summed E-state index contributed by atoms with van der Waals surface area (Å²) in [5, 5.41) is 21.9. The van der Waals surface area contributed by atoms with E-state index in [-0.39, 0.29) is 5.75 Å². The highest BCUT2D eigenvalue weighted by atomic mass is 35.5. The van der Waals surface area contributed by atoms with Gasteiger partial charge in [-0.2, -0.15) is 5.10 Å². The number of phenols is 1. The van der Waals surface area contributed by atoms with Gasteiger partial charge in [0.25, 0.3) is 0 Å². The van der Waals surface area contributed by atoms with Crippen LogP contribution in [0.2, 0.25) is 5.15 Å². The molecule has 0 unspecified atom stereocenters. The van der Waals surface area contributed by atoms with Crippen LogP contribution in [0.25, 0.3) is 0 Å². The maximum absolute atomic E-state index is 10.1. The van der Waals surface area contributed by atoms with E-state index in [2.05, 4.69) is 27.3 Å². The molecular formula is C15H15ClN4O2. The predicted octanol–water partition coefficient (Wildman–Crippen LogP) is 3.02. The minimum Gasteiger partial charge on any atom is -0.504 e. The molecule has 0 amide bonds. The molecule has 0 fully saturated rings.